The third-order valence-electron chi connectivity index (χ3n) is 2.72. The monoisotopic (exact) mass is 250 g/mol. The van der Waals surface area contributed by atoms with E-state index in [1.165, 1.54) is 12.2 Å². The molecule has 2 rings (SSSR count). The molecule has 2 aromatic rings. The largest absolute Gasteiger partial charge is 1.00 e. The van der Waals surface area contributed by atoms with Gasteiger partial charge >= 0.3 is 18.9 Å². The molecule has 0 bridgehead atoms. The summed E-state index contributed by atoms with van der Waals surface area (Å²) in [5.41, 5.74) is 1.62. The van der Waals surface area contributed by atoms with Crippen molar-refractivity contribution in [3.05, 3.63) is 59.9 Å². The van der Waals surface area contributed by atoms with E-state index < -0.39 is 0 Å². The fourth-order valence-electron chi connectivity index (χ4n) is 1.70. The van der Waals surface area contributed by atoms with Crippen molar-refractivity contribution in [2.75, 3.05) is 14.2 Å². The van der Waals surface area contributed by atoms with Gasteiger partial charge in [0.25, 0.3) is 5.91 Å². The van der Waals surface area contributed by atoms with Gasteiger partial charge in [0.2, 0.25) is 0 Å². The van der Waals surface area contributed by atoms with Crippen LogP contribution in [0.25, 0.3) is 0 Å². The summed E-state index contributed by atoms with van der Waals surface area (Å²) in [6, 6.07) is 14.5. The number of hydroxylamine groups is 2. The predicted molar refractivity (Wildman–Crippen MR) is 67.9 cm³/mol. The van der Waals surface area contributed by atoms with Crippen LogP contribution in [0.15, 0.2) is 42.6 Å². The summed E-state index contributed by atoms with van der Waals surface area (Å²) in [5, 5.41) is 1.21. The molecular formula is C14H15LiN2O2. The third-order valence-corrected chi connectivity index (χ3v) is 2.72. The zero-order chi connectivity index (χ0) is 13.0. The van der Waals surface area contributed by atoms with Gasteiger partial charge in [-0.3, -0.25) is 9.63 Å². The Morgan fingerprint density at radius 2 is 2.16 bits per heavy atom. The summed E-state index contributed by atoms with van der Waals surface area (Å²) in [5.74, 6) is -0.168. The molecule has 19 heavy (non-hydrogen) atoms. The molecule has 0 unspecified atom stereocenters. The summed E-state index contributed by atoms with van der Waals surface area (Å²) in [7, 11) is 3.06. The van der Waals surface area contributed by atoms with E-state index in [2.05, 4.69) is 6.07 Å². The molecule has 4 nitrogen and oxygen atoms in total. The van der Waals surface area contributed by atoms with E-state index in [4.69, 9.17) is 4.84 Å². The van der Waals surface area contributed by atoms with Crippen LogP contribution in [0.2, 0.25) is 0 Å². The number of nitrogens with zero attached hydrogens (tertiary/aromatic N) is 2. The average Bonchev–Trinajstić information content (AvgIpc) is 2.86. The van der Waals surface area contributed by atoms with Crippen LogP contribution in [0.4, 0.5) is 0 Å². The number of aromatic nitrogens is 1. The van der Waals surface area contributed by atoms with Crippen molar-refractivity contribution in [2.24, 2.45) is 0 Å². The van der Waals surface area contributed by atoms with Crippen molar-refractivity contribution in [3.63, 3.8) is 0 Å². The number of carbonyl (C=O) groups excluding carboxylic acids is 1. The summed E-state index contributed by atoms with van der Waals surface area (Å²) >= 11 is 0. The van der Waals surface area contributed by atoms with Crippen molar-refractivity contribution in [1.82, 2.24) is 9.63 Å². The van der Waals surface area contributed by atoms with Gasteiger partial charge in [0.05, 0.1) is 7.11 Å². The van der Waals surface area contributed by atoms with Gasteiger partial charge in [0.15, 0.2) is 0 Å². The summed E-state index contributed by atoms with van der Waals surface area (Å²) in [6.07, 6.45) is 1.87. The van der Waals surface area contributed by atoms with Gasteiger partial charge in [0.1, 0.15) is 5.69 Å². The van der Waals surface area contributed by atoms with Gasteiger partial charge in [-0.2, -0.15) is 30.3 Å². The molecule has 0 spiro atoms. The Morgan fingerprint density at radius 3 is 2.79 bits per heavy atom. The zero-order valence-corrected chi connectivity index (χ0v) is 11.5. The molecule has 1 aromatic heterocycles. The zero-order valence-electron chi connectivity index (χ0n) is 11.5. The first kappa shape index (κ1) is 15.6. The van der Waals surface area contributed by atoms with E-state index in [0.717, 1.165) is 5.56 Å². The fourth-order valence-corrected chi connectivity index (χ4v) is 1.70. The Labute approximate surface area is 125 Å². The predicted octanol–water partition coefficient (Wildman–Crippen LogP) is -1.03. The Hall–Kier alpha value is -1.47. The normalized spacial score (nSPS) is 9.79. The van der Waals surface area contributed by atoms with Gasteiger partial charge < -0.3 is 4.57 Å². The first-order chi connectivity index (χ1) is 8.72. The van der Waals surface area contributed by atoms with E-state index in [9.17, 15) is 4.79 Å². The van der Waals surface area contributed by atoms with Crippen LogP contribution in [0.5, 0.6) is 0 Å². The van der Waals surface area contributed by atoms with Crippen LogP contribution in [0.3, 0.4) is 0 Å². The first-order valence-electron chi connectivity index (χ1n) is 5.65. The quantitative estimate of drug-likeness (QED) is 0.395. The smallest absolute Gasteiger partial charge is 0.341 e. The Balaban J connectivity index is 0.00000180. The van der Waals surface area contributed by atoms with E-state index >= 15 is 0 Å². The maximum atomic E-state index is 12.0. The second kappa shape index (κ2) is 7.20. The summed E-state index contributed by atoms with van der Waals surface area (Å²) < 4.78 is 1.88. The minimum absolute atomic E-state index is 0. The molecule has 94 valence electrons. The molecule has 0 saturated heterocycles. The van der Waals surface area contributed by atoms with E-state index in [1.54, 1.807) is 13.1 Å². The molecule has 0 fully saturated rings. The maximum Gasteiger partial charge on any atom is 1.00 e. The van der Waals surface area contributed by atoms with Crippen LogP contribution in [-0.4, -0.2) is 29.7 Å². The van der Waals surface area contributed by atoms with Crippen LogP contribution in [0, 0.1) is 6.07 Å². The Bertz CT molecular complexity index is 525. The SMILES string of the molecule is CON(C)C(=O)c1cccn1Cc1[c-]cccc1.[Li+]. The molecule has 1 amide bonds. The number of hydrogen-bond acceptors (Lipinski definition) is 2. The van der Waals surface area contributed by atoms with E-state index in [-0.39, 0.29) is 24.8 Å². The van der Waals surface area contributed by atoms with Crippen LogP contribution >= 0.6 is 0 Å². The average molecular weight is 250 g/mol. The number of rotatable bonds is 4. The second-order valence-corrected chi connectivity index (χ2v) is 3.89. The molecule has 1 heterocycles. The number of benzene rings is 1. The van der Waals surface area contributed by atoms with Gasteiger partial charge in [-0.1, -0.05) is 0 Å². The Kier molecular flexibility index (Phi) is 5.90. The van der Waals surface area contributed by atoms with Crippen LogP contribution < -0.4 is 18.9 Å². The molecule has 0 atom stereocenters. The second-order valence-electron chi connectivity index (χ2n) is 3.89. The maximum absolute atomic E-state index is 12.0. The van der Waals surface area contributed by atoms with Gasteiger partial charge in [-0.05, 0) is 12.1 Å². The van der Waals surface area contributed by atoms with Crippen molar-refractivity contribution in [1.29, 1.82) is 0 Å². The standard InChI is InChI=1S/C14H15N2O2.Li/c1-15(18-2)14(17)13-9-6-10-16(13)11-12-7-4-3-5-8-12;/h3-7,9-10H,11H2,1-2H3;/q-1;+1. The minimum Gasteiger partial charge on any atom is -0.341 e. The first-order valence-corrected chi connectivity index (χ1v) is 5.65. The van der Waals surface area contributed by atoms with E-state index in [1.807, 2.05) is 41.1 Å². The molecule has 0 aliphatic carbocycles. The molecule has 0 aliphatic heterocycles. The van der Waals surface area contributed by atoms with Crippen molar-refractivity contribution < 1.29 is 28.5 Å². The Morgan fingerprint density at radius 1 is 1.37 bits per heavy atom. The molecule has 0 aliphatic rings. The summed E-state index contributed by atoms with van der Waals surface area (Å²) in [6.45, 7) is 0.618. The fraction of sp³-hybridized carbons (Fsp3) is 0.214. The van der Waals surface area contributed by atoms with Gasteiger partial charge in [0, 0.05) is 19.8 Å². The van der Waals surface area contributed by atoms with Crippen LogP contribution in [-0.2, 0) is 11.4 Å². The molecule has 1 aromatic carbocycles. The number of carbonyl (C=O) groups is 1. The molecule has 5 heteroatoms. The molecular weight excluding hydrogens is 235 g/mol. The molecule has 0 N–H and O–H groups in total. The summed E-state index contributed by atoms with van der Waals surface area (Å²) in [4.78, 5) is 16.9. The van der Waals surface area contributed by atoms with Crippen LogP contribution in [0.1, 0.15) is 16.1 Å². The third kappa shape index (κ3) is 3.74. The van der Waals surface area contributed by atoms with Crippen molar-refractivity contribution in [3.8, 4) is 0 Å². The van der Waals surface area contributed by atoms with Crippen molar-refractivity contribution in [2.45, 2.75) is 6.54 Å². The van der Waals surface area contributed by atoms with E-state index in [0.29, 0.717) is 12.2 Å². The molecule has 0 radical (unpaired) electrons. The topological polar surface area (TPSA) is 34.5 Å². The molecule has 0 saturated carbocycles. The van der Waals surface area contributed by atoms with Crippen molar-refractivity contribution >= 4 is 5.91 Å². The number of hydrogen-bond donors (Lipinski definition) is 0. The minimum atomic E-state index is -0.168. The van der Waals surface area contributed by atoms with Gasteiger partial charge in [-0.15, -0.1) is 5.56 Å². The number of amides is 1. The van der Waals surface area contributed by atoms with Gasteiger partial charge in [-0.25, -0.2) is 5.06 Å².